The van der Waals surface area contributed by atoms with Gasteiger partial charge in [-0.15, -0.1) is 0 Å². The first-order valence-electron chi connectivity index (χ1n) is 12.0. The van der Waals surface area contributed by atoms with Crippen molar-refractivity contribution in [2.24, 2.45) is 0 Å². The lowest BCUT2D eigenvalue weighted by molar-refractivity contribution is -0.123. The third-order valence-corrected chi connectivity index (χ3v) is 7.98. The molecule has 3 aliphatic rings. The van der Waals surface area contributed by atoms with Crippen LogP contribution >= 0.6 is 24.0 Å². The Labute approximate surface area is 224 Å². The molecule has 0 saturated carbocycles. The molecule has 2 heterocycles. The van der Waals surface area contributed by atoms with E-state index in [0.29, 0.717) is 44.5 Å². The van der Waals surface area contributed by atoms with Crippen LogP contribution in [0.3, 0.4) is 0 Å². The number of fused-ring (bicyclic) bond motifs is 3. The van der Waals surface area contributed by atoms with Crippen LogP contribution in [0.15, 0.2) is 65.2 Å². The van der Waals surface area contributed by atoms with Crippen LogP contribution in [0.4, 0.5) is 4.79 Å². The Kier molecular flexibility index (Phi) is 6.68. The summed E-state index contributed by atoms with van der Waals surface area (Å²) in [6.07, 6.45) is -1.25. The second-order valence-corrected chi connectivity index (χ2v) is 11.0. The summed E-state index contributed by atoms with van der Waals surface area (Å²) in [5, 5.41) is 3.21. The Morgan fingerprint density at radius 2 is 1.76 bits per heavy atom. The van der Waals surface area contributed by atoms with Gasteiger partial charge in [-0.05, 0) is 44.4 Å². The number of hydrogen-bond acceptors (Lipinski definition) is 8. The van der Waals surface area contributed by atoms with E-state index in [1.165, 1.54) is 11.8 Å². The number of amides is 1. The number of dihydropyridines is 1. The number of thiocarbonyl (C=S) groups is 1. The highest BCUT2D eigenvalue weighted by molar-refractivity contribution is 8.23. The molecule has 0 aromatic heterocycles. The molecule has 2 aromatic rings. The lowest BCUT2D eigenvalue weighted by Crippen LogP contribution is -2.38. The number of hydrogen-bond donors (Lipinski definition) is 1. The van der Waals surface area contributed by atoms with Crippen molar-refractivity contribution in [3.8, 4) is 11.1 Å². The quantitative estimate of drug-likeness (QED) is 0.346. The summed E-state index contributed by atoms with van der Waals surface area (Å²) in [6.45, 7) is 7.57. The van der Waals surface area contributed by atoms with E-state index in [4.69, 9.17) is 21.7 Å². The largest absolute Gasteiger partial charge is 0.513 e. The number of thioether (sulfide) groups is 1. The minimum atomic E-state index is -0.862. The first kappa shape index (κ1) is 25.2. The molecule has 1 fully saturated rings. The number of nitrogens with zero attached hydrogens (tertiary/aromatic N) is 1. The van der Waals surface area contributed by atoms with Gasteiger partial charge in [-0.1, -0.05) is 66.4 Å². The zero-order chi connectivity index (χ0) is 26.4. The molecule has 1 saturated heterocycles. The van der Waals surface area contributed by atoms with Crippen LogP contribution in [-0.2, 0) is 14.3 Å². The summed E-state index contributed by atoms with van der Waals surface area (Å²) in [6, 6.07) is 12.9. The van der Waals surface area contributed by atoms with Crippen molar-refractivity contribution >= 4 is 46.1 Å². The summed E-state index contributed by atoms with van der Waals surface area (Å²) in [7, 11) is 0. The highest BCUT2D eigenvalue weighted by Gasteiger charge is 2.42. The Morgan fingerprint density at radius 1 is 1.05 bits per heavy atom. The zero-order valence-corrected chi connectivity index (χ0v) is 22.5. The number of nitrogens with one attached hydrogen (secondary N) is 1. The van der Waals surface area contributed by atoms with E-state index in [2.05, 4.69) is 5.32 Å². The van der Waals surface area contributed by atoms with Gasteiger partial charge in [0.05, 0.1) is 23.3 Å². The molecule has 9 heteroatoms. The van der Waals surface area contributed by atoms with Gasteiger partial charge < -0.3 is 14.8 Å². The number of carbonyl (C=O) groups excluding carboxylic acids is 3. The van der Waals surface area contributed by atoms with Crippen LogP contribution in [0.5, 0.6) is 0 Å². The minimum absolute atomic E-state index is 0.0746. The molecule has 190 valence electrons. The van der Waals surface area contributed by atoms with E-state index >= 15 is 0 Å². The zero-order valence-electron chi connectivity index (χ0n) is 20.9. The van der Waals surface area contributed by atoms with Crippen molar-refractivity contribution < 1.29 is 23.9 Å². The topological polar surface area (TPSA) is 84.9 Å². The number of ketones is 1. The molecule has 37 heavy (non-hydrogen) atoms. The van der Waals surface area contributed by atoms with Gasteiger partial charge in [-0.25, -0.2) is 4.79 Å². The van der Waals surface area contributed by atoms with Crippen LogP contribution in [-0.4, -0.2) is 45.5 Å². The molecule has 0 spiro atoms. The molecule has 0 radical (unpaired) electrons. The van der Waals surface area contributed by atoms with Gasteiger partial charge in [-0.3, -0.25) is 14.5 Å². The summed E-state index contributed by atoms with van der Waals surface area (Å²) in [5.74, 6) is -0.129. The first-order valence-corrected chi connectivity index (χ1v) is 13.4. The standard InChI is InChI=1S/C28H26N2O5S2/c1-14(2)34-28(33)35-25-16(4)29-15(3)21(26(32)30-12-13-37-27(30)36)23(25)19-10-7-11-20-22(19)17-8-5-6-9-18(17)24(20)31/h5-11,14,23,29H,12-13H2,1-4H3. The van der Waals surface area contributed by atoms with E-state index in [9.17, 15) is 14.4 Å². The molecule has 1 amide bonds. The average molecular weight is 535 g/mol. The molecule has 1 atom stereocenters. The van der Waals surface area contributed by atoms with Gasteiger partial charge in [0.1, 0.15) is 10.1 Å². The van der Waals surface area contributed by atoms with Crippen LogP contribution in [0.1, 0.15) is 55.1 Å². The summed E-state index contributed by atoms with van der Waals surface area (Å²) < 4.78 is 11.6. The molecular weight excluding hydrogens is 508 g/mol. The lowest BCUT2D eigenvalue weighted by atomic mass is 9.80. The van der Waals surface area contributed by atoms with Crippen LogP contribution in [0.25, 0.3) is 11.1 Å². The van der Waals surface area contributed by atoms with Gasteiger partial charge in [0, 0.05) is 29.1 Å². The van der Waals surface area contributed by atoms with Crippen LogP contribution < -0.4 is 5.32 Å². The van der Waals surface area contributed by atoms with Crippen molar-refractivity contribution in [1.82, 2.24) is 10.2 Å². The molecule has 1 N–H and O–H groups in total. The number of benzene rings is 2. The molecule has 1 aliphatic carbocycles. The average Bonchev–Trinajstić information content (AvgIpc) is 3.41. The maximum absolute atomic E-state index is 14.0. The van der Waals surface area contributed by atoms with Crippen molar-refractivity contribution in [3.05, 3.63) is 81.9 Å². The summed E-state index contributed by atoms with van der Waals surface area (Å²) in [5.41, 5.74) is 4.99. The predicted molar refractivity (Wildman–Crippen MR) is 146 cm³/mol. The van der Waals surface area contributed by atoms with E-state index in [1.54, 1.807) is 43.9 Å². The predicted octanol–water partition coefficient (Wildman–Crippen LogP) is 5.51. The molecule has 2 aromatic carbocycles. The number of allylic oxidation sites excluding steroid dienone is 3. The first-order chi connectivity index (χ1) is 17.7. The molecule has 0 bridgehead atoms. The normalized spacial score (nSPS) is 18.7. The summed E-state index contributed by atoms with van der Waals surface area (Å²) >= 11 is 6.92. The van der Waals surface area contributed by atoms with Crippen LogP contribution in [0, 0.1) is 0 Å². The van der Waals surface area contributed by atoms with Crippen molar-refractivity contribution in [2.75, 3.05) is 12.3 Å². The smallest absolute Gasteiger partial charge is 0.431 e. The minimum Gasteiger partial charge on any atom is -0.431 e. The van der Waals surface area contributed by atoms with Crippen molar-refractivity contribution in [3.63, 3.8) is 0 Å². The highest BCUT2D eigenvalue weighted by atomic mass is 32.2. The fourth-order valence-corrected chi connectivity index (χ4v) is 6.27. The molecule has 1 unspecified atom stereocenters. The van der Waals surface area contributed by atoms with E-state index < -0.39 is 12.1 Å². The second-order valence-electron chi connectivity index (χ2n) is 9.32. The third kappa shape index (κ3) is 4.36. The van der Waals surface area contributed by atoms with Gasteiger partial charge >= 0.3 is 6.16 Å². The Morgan fingerprint density at radius 3 is 2.43 bits per heavy atom. The molecular formula is C28H26N2O5S2. The highest BCUT2D eigenvalue weighted by Crippen LogP contribution is 2.48. The summed E-state index contributed by atoms with van der Waals surface area (Å²) in [4.78, 5) is 41.5. The van der Waals surface area contributed by atoms with E-state index in [-0.39, 0.29) is 23.6 Å². The monoisotopic (exact) mass is 534 g/mol. The third-order valence-electron chi connectivity index (χ3n) is 6.55. The van der Waals surface area contributed by atoms with Gasteiger partial charge in [0.25, 0.3) is 5.91 Å². The van der Waals surface area contributed by atoms with Gasteiger partial charge in [0.2, 0.25) is 0 Å². The molecule has 5 rings (SSSR count). The maximum Gasteiger partial charge on any atom is 0.513 e. The van der Waals surface area contributed by atoms with Crippen LogP contribution in [0.2, 0.25) is 0 Å². The Bertz CT molecular complexity index is 1430. The van der Waals surface area contributed by atoms with E-state index in [1.807, 2.05) is 31.2 Å². The lowest BCUT2D eigenvalue weighted by Gasteiger charge is -2.33. The van der Waals surface area contributed by atoms with Crippen molar-refractivity contribution in [2.45, 2.75) is 39.7 Å². The second kappa shape index (κ2) is 9.79. The van der Waals surface area contributed by atoms with E-state index in [0.717, 1.165) is 16.9 Å². The fraction of sp³-hybridized carbons (Fsp3) is 0.286. The number of rotatable bonds is 4. The number of carbonyl (C=O) groups is 3. The maximum atomic E-state index is 14.0. The van der Waals surface area contributed by atoms with Gasteiger partial charge in [-0.2, -0.15) is 0 Å². The number of ether oxygens (including phenoxy) is 2. The SMILES string of the molecule is CC1=C(OC(=O)OC(C)C)C(c2cccc3c2-c2ccccc2C3=O)C(C(=O)N2CCSC2=S)=C(C)N1. The Balaban J connectivity index is 1.71. The Hall–Kier alpha value is -3.43. The van der Waals surface area contributed by atoms with Gasteiger partial charge in [0.15, 0.2) is 5.78 Å². The van der Waals surface area contributed by atoms with Crippen molar-refractivity contribution in [1.29, 1.82) is 0 Å². The fourth-order valence-electron chi connectivity index (χ4n) is 5.06. The molecule has 7 nitrogen and oxygen atoms in total. The molecule has 2 aliphatic heterocycles.